The molecule has 0 spiro atoms. The molecule has 0 atom stereocenters. The van der Waals surface area contributed by atoms with Gasteiger partial charge < -0.3 is 19.9 Å². The van der Waals surface area contributed by atoms with E-state index in [0.717, 1.165) is 11.3 Å². The molecule has 0 aliphatic carbocycles. The van der Waals surface area contributed by atoms with Gasteiger partial charge in [0.25, 0.3) is 0 Å². The monoisotopic (exact) mass is 306 g/mol. The average Bonchev–Trinajstić information content (AvgIpc) is 2.78. The van der Waals surface area contributed by atoms with Gasteiger partial charge in [0.15, 0.2) is 15.2 Å². The van der Waals surface area contributed by atoms with Crippen LogP contribution in [0, 0.1) is 0 Å². The van der Waals surface area contributed by atoms with Crippen LogP contribution in [0.25, 0.3) is 0 Å². The van der Waals surface area contributed by atoms with Gasteiger partial charge in [0.1, 0.15) is 0 Å². The van der Waals surface area contributed by atoms with Crippen LogP contribution in [0.15, 0.2) is 0 Å². The minimum atomic E-state index is -0.804. The van der Waals surface area contributed by atoms with Gasteiger partial charge in [-0.1, -0.05) is 22.9 Å². The lowest BCUT2D eigenvalue weighted by Gasteiger charge is -2.31. The molecule has 2 rings (SSSR count). The maximum absolute atomic E-state index is 11.4. The molecule has 0 amide bonds. The van der Waals surface area contributed by atoms with Crippen molar-refractivity contribution in [1.82, 2.24) is 4.98 Å². The lowest BCUT2D eigenvalue weighted by Crippen LogP contribution is -2.42. The number of carbonyl (C=O) groups is 1. The van der Waals surface area contributed by atoms with Gasteiger partial charge >= 0.3 is 5.97 Å². The van der Waals surface area contributed by atoms with Crippen molar-refractivity contribution in [1.29, 1.82) is 0 Å². The first kappa shape index (κ1) is 14.5. The van der Waals surface area contributed by atoms with Crippen LogP contribution in [0.1, 0.15) is 22.5 Å². The molecule has 1 aromatic rings. The van der Waals surface area contributed by atoms with Crippen molar-refractivity contribution in [2.75, 3.05) is 32.2 Å². The van der Waals surface area contributed by atoms with Crippen molar-refractivity contribution in [3.63, 3.8) is 0 Å². The number of thiazole rings is 1. The number of nitrogens with one attached hydrogen (secondary N) is 1. The zero-order valence-corrected chi connectivity index (χ0v) is 12.0. The number of hydrogen-bond acceptors (Lipinski definition) is 7. The summed E-state index contributed by atoms with van der Waals surface area (Å²) in [5.74, 6) is -0.514. The molecule has 0 saturated carbocycles. The van der Waals surface area contributed by atoms with Crippen LogP contribution >= 0.6 is 22.9 Å². The van der Waals surface area contributed by atoms with Gasteiger partial charge in [0.05, 0.1) is 12.7 Å². The Morgan fingerprint density at radius 2 is 2.32 bits per heavy atom. The second-order valence-corrected chi connectivity index (χ2v) is 5.68. The highest BCUT2D eigenvalue weighted by atomic mass is 35.5. The third-order valence-electron chi connectivity index (χ3n) is 2.95. The van der Waals surface area contributed by atoms with Crippen molar-refractivity contribution < 1.29 is 19.4 Å². The van der Waals surface area contributed by atoms with Crippen LogP contribution in [0.5, 0.6) is 0 Å². The van der Waals surface area contributed by atoms with Gasteiger partial charge in [-0.15, -0.1) is 0 Å². The largest absolute Gasteiger partial charge is 0.465 e. The normalized spacial score (nSPS) is 18.1. The van der Waals surface area contributed by atoms with Gasteiger partial charge in [-0.3, -0.25) is 0 Å². The summed E-state index contributed by atoms with van der Waals surface area (Å²) >= 11 is 6.96. The first-order valence-electron chi connectivity index (χ1n) is 5.83. The fourth-order valence-electron chi connectivity index (χ4n) is 1.76. The molecule has 0 bridgehead atoms. The summed E-state index contributed by atoms with van der Waals surface area (Å²) in [5.41, 5.74) is -0.804. The Morgan fingerprint density at radius 1 is 1.63 bits per heavy atom. The van der Waals surface area contributed by atoms with Crippen molar-refractivity contribution in [3.8, 4) is 0 Å². The molecule has 6 nitrogen and oxygen atoms in total. The molecule has 2 N–H and O–H groups in total. The molecular weight excluding hydrogens is 292 g/mol. The molecule has 1 aliphatic heterocycles. The first-order chi connectivity index (χ1) is 9.04. The Morgan fingerprint density at radius 3 is 2.95 bits per heavy atom. The number of ether oxygens (including phenoxy) is 2. The maximum Gasteiger partial charge on any atom is 0.351 e. The Hall–Kier alpha value is -0.890. The van der Waals surface area contributed by atoms with E-state index in [1.54, 1.807) is 0 Å². The third-order valence-corrected chi connectivity index (χ3v) is 4.33. The van der Waals surface area contributed by atoms with Gasteiger partial charge in [0, 0.05) is 32.6 Å². The second kappa shape index (κ2) is 6.04. The highest BCUT2D eigenvalue weighted by Gasteiger charge is 2.30. The lowest BCUT2D eigenvalue weighted by molar-refractivity contribution is -0.0543. The number of rotatable bonds is 4. The molecule has 0 aromatic carbocycles. The van der Waals surface area contributed by atoms with E-state index < -0.39 is 11.6 Å². The van der Waals surface area contributed by atoms with Crippen molar-refractivity contribution >= 4 is 34.0 Å². The van der Waals surface area contributed by atoms with E-state index in [9.17, 15) is 9.90 Å². The Bertz CT molecular complexity index is 460. The number of aliphatic hydroxyl groups is 1. The summed E-state index contributed by atoms with van der Waals surface area (Å²) in [7, 11) is 1.29. The number of nitrogens with zero attached hydrogens (tertiary/aromatic N) is 1. The predicted octanol–water partition coefficient (Wildman–Crippen LogP) is 1.54. The van der Waals surface area contributed by atoms with Crippen LogP contribution in [-0.4, -0.2) is 48.5 Å². The molecule has 1 fully saturated rings. The van der Waals surface area contributed by atoms with Crippen LogP contribution < -0.4 is 5.32 Å². The van der Waals surface area contributed by atoms with E-state index in [4.69, 9.17) is 16.3 Å². The van der Waals surface area contributed by atoms with Crippen LogP contribution in [-0.2, 0) is 9.47 Å². The Kier molecular flexibility index (Phi) is 4.62. The van der Waals surface area contributed by atoms with Crippen LogP contribution in [0.2, 0.25) is 5.15 Å². The Labute approximate surface area is 119 Å². The second-order valence-electron chi connectivity index (χ2n) is 4.32. The number of methoxy groups -OCH3 is 1. The van der Waals surface area contributed by atoms with E-state index in [1.807, 2.05) is 0 Å². The fraction of sp³-hybridized carbons (Fsp3) is 0.636. The quantitative estimate of drug-likeness (QED) is 0.821. The summed E-state index contributed by atoms with van der Waals surface area (Å²) in [5, 5.41) is 13.9. The molecule has 0 unspecified atom stereocenters. The molecule has 1 aromatic heterocycles. The van der Waals surface area contributed by atoms with Gasteiger partial charge in [-0.2, -0.15) is 0 Å². The molecule has 19 heavy (non-hydrogen) atoms. The summed E-state index contributed by atoms with van der Waals surface area (Å²) < 4.78 is 9.80. The van der Waals surface area contributed by atoms with E-state index in [-0.39, 0.29) is 10.0 Å². The molecule has 1 aliphatic rings. The molecule has 8 heteroatoms. The number of hydrogen-bond donors (Lipinski definition) is 2. The maximum atomic E-state index is 11.4. The number of anilines is 1. The zero-order valence-electron chi connectivity index (χ0n) is 10.4. The summed E-state index contributed by atoms with van der Waals surface area (Å²) in [4.78, 5) is 15.7. The topological polar surface area (TPSA) is 80.7 Å². The Balaban J connectivity index is 1.98. The number of carbonyl (C=O) groups excluding carboxylic acids is 1. The molecule has 2 heterocycles. The molecular formula is C11H15ClN2O4S. The van der Waals surface area contributed by atoms with Crippen molar-refractivity contribution in [2.24, 2.45) is 0 Å². The summed E-state index contributed by atoms with van der Waals surface area (Å²) in [6.45, 7) is 1.44. The minimum Gasteiger partial charge on any atom is -0.465 e. The smallest absolute Gasteiger partial charge is 0.351 e. The standard InChI is InChI=1S/C11H15ClN2O4S/c1-17-9(15)7-8(12)14-10(19-7)13-6-11(16)2-4-18-5-3-11/h16H,2-6H2,1H3,(H,13,14). The highest BCUT2D eigenvalue weighted by molar-refractivity contribution is 7.18. The SMILES string of the molecule is COC(=O)c1sc(NCC2(O)CCOCC2)nc1Cl. The molecule has 106 valence electrons. The van der Waals surface area contributed by atoms with Crippen molar-refractivity contribution in [2.45, 2.75) is 18.4 Å². The third kappa shape index (κ3) is 3.56. The van der Waals surface area contributed by atoms with Crippen LogP contribution in [0.3, 0.4) is 0 Å². The van der Waals surface area contributed by atoms with E-state index in [0.29, 0.717) is 37.7 Å². The molecule has 0 radical (unpaired) electrons. The summed E-state index contributed by atoms with van der Waals surface area (Å²) in [6.07, 6.45) is 1.14. The summed E-state index contributed by atoms with van der Waals surface area (Å²) in [6, 6.07) is 0. The van der Waals surface area contributed by atoms with E-state index in [2.05, 4.69) is 15.0 Å². The first-order valence-corrected chi connectivity index (χ1v) is 7.02. The zero-order chi connectivity index (χ0) is 13.9. The molecule has 1 saturated heterocycles. The van der Waals surface area contributed by atoms with Gasteiger partial charge in [-0.25, -0.2) is 9.78 Å². The fourth-order valence-corrected chi connectivity index (χ4v) is 2.86. The minimum absolute atomic E-state index is 0.110. The van der Waals surface area contributed by atoms with Gasteiger partial charge in [-0.05, 0) is 0 Å². The highest BCUT2D eigenvalue weighted by Crippen LogP contribution is 2.29. The van der Waals surface area contributed by atoms with Crippen molar-refractivity contribution in [3.05, 3.63) is 10.0 Å². The van der Waals surface area contributed by atoms with E-state index >= 15 is 0 Å². The number of esters is 1. The lowest BCUT2D eigenvalue weighted by atomic mass is 9.95. The number of aromatic nitrogens is 1. The number of halogens is 1. The predicted molar refractivity (Wildman–Crippen MR) is 72.0 cm³/mol. The van der Waals surface area contributed by atoms with E-state index in [1.165, 1.54) is 7.11 Å². The van der Waals surface area contributed by atoms with Crippen LogP contribution in [0.4, 0.5) is 5.13 Å². The average molecular weight is 307 g/mol. The van der Waals surface area contributed by atoms with Gasteiger partial charge in [0.2, 0.25) is 0 Å².